The zero-order valence-electron chi connectivity index (χ0n) is 16.3. The van der Waals surface area contributed by atoms with E-state index in [4.69, 9.17) is 0 Å². The Hall–Kier alpha value is -2.83. The maximum Gasteiger partial charge on any atom is 0.321 e. The normalized spacial score (nSPS) is 17.1. The molecule has 2 aromatic rings. The smallest absolute Gasteiger partial charge is 0.321 e. The molecular weight excluding hydrogens is 340 g/mol. The van der Waals surface area contributed by atoms with Crippen LogP contribution in [0.15, 0.2) is 36.7 Å². The number of nitrogens with one attached hydrogen (secondary N) is 2. The van der Waals surface area contributed by atoms with Crippen LogP contribution in [0.25, 0.3) is 0 Å². The van der Waals surface area contributed by atoms with E-state index in [1.807, 2.05) is 55.2 Å². The lowest BCUT2D eigenvalue weighted by molar-refractivity contribution is 0.213. The summed E-state index contributed by atoms with van der Waals surface area (Å²) in [6.07, 6.45) is 6.48. The quantitative estimate of drug-likeness (QED) is 0.866. The van der Waals surface area contributed by atoms with Crippen molar-refractivity contribution in [2.24, 2.45) is 0 Å². The molecule has 144 valence electrons. The molecule has 2 amide bonds. The summed E-state index contributed by atoms with van der Waals surface area (Å²) in [7, 11) is 3.96. The molecular formula is C20H28N6O. The van der Waals surface area contributed by atoms with E-state index in [0.29, 0.717) is 6.04 Å². The van der Waals surface area contributed by atoms with Gasteiger partial charge in [0.2, 0.25) is 0 Å². The maximum absolute atomic E-state index is 12.5. The average molecular weight is 368 g/mol. The van der Waals surface area contributed by atoms with Crippen molar-refractivity contribution in [1.29, 1.82) is 0 Å². The van der Waals surface area contributed by atoms with Gasteiger partial charge in [0.25, 0.3) is 0 Å². The Morgan fingerprint density at radius 1 is 1.07 bits per heavy atom. The van der Waals surface area contributed by atoms with Gasteiger partial charge in [-0.25, -0.2) is 9.78 Å². The van der Waals surface area contributed by atoms with Crippen LogP contribution in [0.3, 0.4) is 0 Å². The van der Waals surface area contributed by atoms with E-state index in [0.717, 1.165) is 55.2 Å². The van der Waals surface area contributed by atoms with Crippen LogP contribution in [-0.4, -0.2) is 54.1 Å². The van der Waals surface area contributed by atoms with Crippen molar-refractivity contribution in [1.82, 2.24) is 14.9 Å². The number of likely N-dealkylation sites (tertiary alicyclic amines) is 1. The summed E-state index contributed by atoms with van der Waals surface area (Å²) in [6, 6.07) is 8.13. The Morgan fingerprint density at radius 2 is 1.85 bits per heavy atom. The van der Waals surface area contributed by atoms with Gasteiger partial charge in [0.05, 0.1) is 23.8 Å². The van der Waals surface area contributed by atoms with Crippen LogP contribution < -0.4 is 15.5 Å². The van der Waals surface area contributed by atoms with Crippen molar-refractivity contribution in [3.8, 4) is 0 Å². The van der Waals surface area contributed by atoms with Gasteiger partial charge >= 0.3 is 6.03 Å². The van der Waals surface area contributed by atoms with Crippen LogP contribution in [0.1, 0.15) is 25.0 Å². The van der Waals surface area contributed by atoms with Crippen molar-refractivity contribution in [3.63, 3.8) is 0 Å². The molecule has 1 aliphatic rings. The fourth-order valence-electron chi connectivity index (χ4n) is 3.16. The minimum atomic E-state index is -0.0571. The topological polar surface area (TPSA) is 73.4 Å². The van der Waals surface area contributed by atoms with E-state index in [2.05, 4.69) is 26.7 Å². The highest BCUT2D eigenvalue weighted by Gasteiger charge is 2.20. The highest BCUT2D eigenvalue weighted by Crippen LogP contribution is 2.19. The highest BCUT2D eigenvalue weighted by atomic mass is 16.2. The molecule has 0 aliphatic carbocycles. The maximum atomic E-state index is 12.5. The lowest BCUT2D eigenvalue weighted by Gasteiger charge is -2.21. The number of carbonyl (C=O) groups is 1. The van der Waals surface area contributed by atoms with Crippen LogP contribution in [-0.2, 0) is 0 Å². The molecule has 7 nitrogen and oxygen atoms in total. The molecule has 1 unspecified atom stereocenters. The molecule has 0 aromatic carbocycles. The van der Waals surface area contributed by atoms with E-state index in [-0.39, 0.29) is 6.03 Å². The summed E-state index contributed by atoms with van der Waals surface area (Å²) < 4.78 is 0. The number of nitrogens with zero attached hydrogens (tertiary/aromatic N) is 4. The lowest BCUT2D eigenvalue weighted by Crippen LogP contribution is -2.36. The predicted octanol–water partition coefficient (Wildman–Crippen LogP) is 3.35. The molecule has 0 bridgehead atoms. The highest BCUT2D eigenvalue weighted by molar-refractivity contribution is 5.89. The minimum Gasteiger partial charge on any atom is -0.381 e. The van der Waals surface area contributed by atoms with Gasteiger partial charge in [-0.2, -0.15) is 0 Å². The molecule has 2 N–H and O–H groups in total. The standard InChI is InChI=1S/C20H28N6O/c1-15-6-7-18(13-21-15)24-20(27)26-11-4-5-16(10-12-26)23-17-8-9-19(22-14-17)25(2)3/h6-9,13-14,16,23H,4-5,10-12H2,1-3H3,(H,24,27). The fraction of sp³-hybridized carbons (Fsp3) is 0.450. The molecule has 0 radical (unpaired) electrons. The number of anilines is 3. The van der Waals surface area contributed by atoms with Crippen molar-refractivity contribution in [2.75, 3.05) is 42.7 Å². The van der Waals surface area contributed by atoms with Crippen molar-refractivity contribution < 1.29 is 4.79 Å². The second-order valence-corrected chi connectivity index (χ2v) is 7.18. The first kappa shape index (κ1) is 18.9. The van der Waals surface area contributed by atoms with Crippen LogP contribution in [0.2, 0.25) is 0 Å². The first-order chi connectivity index (χ1) is 13.0. The first-order valence-corrected chi connectivity index (χ1v) is 9.40. The third kappa shape index (κ3) is 5.32. The van der Waals surface area contributed by atoms with Gasteiger partial charge in [-0.15, -0.1) is 0 Å². The molecule has 7 heteroatoms. The second kappa shape index (κ2) is 8.70. The van der Waals surface area contributed by atoms with Crippen molar-refractivity contribution >= 4 is 23.2 Å². The Bertz CT molecular complexity index is 744. The van der Waals surface area contributed by atoms with Crippen molar-refractivity contribution in [2.45, 2.75) is 32.2 Å². The lowest BCUT2D eigenvalue weighted by atomic mass is 10.1. The number of amides is 2. The third-order valence-corrected chi connectivity index (χ3v) is 4.75. The van der Waals surface area contributed by atoms with Crippen LogP contribution in [0.4, 0.5) is 22.0 Å². The summed E-state index contributed by atoms with van der Waals surface area (Å²) in [5.74, 6) is 0.940. The molecule has 27 heavy (non-hydrogen) atoms. The Kier molecular flexibility index (Phi) is 6.11. The van der Waals surface area contributed by atoms with Gasteiger partial charge in [-0.3, -0.25) is 4.98 Å². The first-order valence-electron chi connectivity index (χ1n) is 9.40. The molecule has 1 aliphatic heterocycles. The summed E-state index contributed by atoms with van der Waals surface area (Å²) in [4.78, 5) is 25.1. The van der Waals surface area contributed by atoms with Gasteiger partial charge < -0.3 is 20.4 Å². The van der Waals surface area contributed by atoms with Gasteiger partial charge in [-0.05, 0) is 50.5 Å². The van der Waals surface area contributed by atoms with E-state index in [1.54, 1.807) is 6.20 Å². The molecule has 2 aromatic heterocycles. The van der Waals surface area contributed by atoms with Gasteiger partial charge in [0.1, 0.15) is 5.82 Å². The summed E-state index contributed by atoms with van der Waals surface area (Å²) in [5.41, 5.74) is 2.69. The number of aromatic nitrogens is 2. The molecule has 0 spiro atoms. The van der Waals surface area contributed by atoms with E-state index in [9.17, 15) is 4.79 Å². The Balaban J connectivity index is 1.52. The van der Waals surface area contributed by atoms with Crippen LogP contribution in [0, 0.1) is 6.92 Å². The zero-order chi connectivity index (χ0) is 19.2. The number of rotatable bonds is 4. The summed E-state index contributed by atoms with van der Waals surface area (Å²) in [5, 5.41) is 6.49. The van der Waals surface area contributed by atoms with Crippen LogP contribution in [0.5, 0.6) is 0 Å². The summed E-state index contributed by atoms with van der Waals surface area (Å²) >= 11 is 0. The molecule has 1 saturated heterocycles. The second-order valence-electron chi connectivity index (χ2n) is 7.18. The van der Waals surface area contributed by atoms with Gasteiger partial charge in [0, 0.05) is 38.9 Å². The molecule has 3 heterocycles. The minimum absolute atomic E-state index is 0.0571. The zero-order valence-corrected chi connectivity index (χ0v) is 16.3. The fourth-order valence-corrected chi connectivity index (χ4v) is 3.16. The number of hydrogen-bond donors (Lipinski definition) is 2. The average Bonchev–Trinajstić information content (AvgIpc) is 2.90. The van der Waals surface area contributed by atoms with Gasteiger partial charge in [0.15, 0.2) is 0 Å². The monoisotopic (exact) mass is 368 g/mol. The Labute approximate surface area is 160 Å². The number of pyridine rings is 2. The van der Waals surface area contributed by atoms with Gasteiger partial charge in [-0.1, -0.05) is 0 Å². The van der Waals surface area contributed by atoms with E-state index < -0.39 is 0 Å². The number of aryl methyl sites for hydroxylation is 1. The molecule has 3 rings (SSSR count). The largest absolute Gasteiger partial charge is 0.381 e. The SMILES string of the molecule is Cc1ccc(NC(=O)N2CCCC(Nc3ccc(N(C)C)nc3)CC2)cn1. The van der Waals surface area contributed by atoms with E-state index in [1.165, 1.54) is 0 Å². The summed E-state index contributed by atoms with van der Waals surface area (Å²) in [6.45, 7) is 3.42. The molecule has 1 fully saturated rings. The van der Waals surface area contributed by atoms with Crippen LogP contribution >= 0.6 is 0 Å². The predicted molar refractivity (Wildman–Crippen MR) is 109 cm³/mol. The van der Waals surface area contributed by atoms with Crippen molar-refractivity contribution in [3.05, 3.63) is 42.4 Å². The third-order valence-electron chi connectivity index (χ3n) is 4.75. The molecule has 1 atom stereocenters. The number of urea groups is 1. The van der Waals surface area contributed by atoms with E-state index >= 15 is 0 Å². The number of carbonyl (C=O) groups excluding carboxylic acids is 1. The Morgan fingerprint density at radius 3 is 2.52 bits per heavy atom. The number of hydrogen-bond acceptors (Lipinski definition) is 5. The molecule has 0 saturated carbocycles.